The van der Waals surface area contributed by atoms with Crippen LogP contribution in [-0.4, -0.2) is 32.0 Å². The maximum absolute atomic E-state index is 14.2. The van der Waals surface area contributed by atoms with Gasteiger partial charge in [0.15, 0.2) is 0 Å². The van der Waals surface area contributed by atoms with Gasteiger partial charge in [0.05, 0.1) is 5.56 Å². The molecular weight excluding hydrogens is 534 g/mol. The first-order valence-corrected chi connectivity index (χ1v) is 13.2. The van der Waals surface area contributed by atoms with E-state index >= 15 is 0 Å². The molecule has 5 rings (SSSR count). The molecule has 202 valence electrons. The summed E-state index contributed by atoms with van der Waals surface area (Å²) in [7, 11) is 0. The molecule has 0 fully saturated rings. The highest BCUT2D eigenvalue weighted by Crippen LogP contribution is 2.31. The first-order valence-electron chi connectivity index (χ1n) is 12.4. The number of carbonyl (C=O) groups excluding carboxylic acids is 2. The Morgan fingerprint density at radius 3 is 2.52 bits per heavy atom. The van der Waals surface area contributed by atoms with Crippen molar-refractivity contribution in [1.82, 2.24) is 25.5 Å². The number of anilines is 1. The van der Waals surface area contributed by atoms with Crippen molar-refractivity contribution in [2.24, 2.45) is 0 Å². The lowest BCUT2D eigenvalue weighted by molar-refractivity contribution is -0.127. The first kappa shape index (κ1) is 26.8. The second kappa shape index (κ2) is 12.0. The Morgan fingerprint density at radius 2 is 1.80 bits per heavy atom. The van der Waals surface area contributed by atoms with Crippen LogP contribution in [0.4, 0.5) is 14.5 Å². The monoisotopic (exact) mass is 558 g/mol. The lowest BCUT2D eigenvalue weighted by Gasteiger charge is -2.30. The van der Waals surface area contributed by atoms with Gasteiger partial charge in [0.1, 0.15) is 24.2 Å². The van der Waals surface area contributed by atoms with Gasteiger partial charge in [-0.05, 0) is 71.1 Å². The summed E-state index contributed by atoms with van der Waals surface area (Å²) in [6.45, 7) is 1.69. The fourth-order valence-corrected chi connectivity index (χ4v) is 4.99. The summed E-state index contributed by atoms with van der Waals surface area (Å²) >= 11 is 1.34. The zero-order valence-electron chi connectivity index (χ0n) is 21.4. The van der Waals surface area contributed by atoms with Crippen LogP contribution in [0.3, 0.4) is 0 Å². The number of benzene rings is 3. The maximum atomic E-state index is 14.2. The Morgan fingerprint density at radius 1 is 1.00 bits per heavy atom. The van der Waals surface area contributed by atoms with Crippen molar-refractivity contribution in [3.63, 3.8) is 0 Å². The second-order valence-corrected chi connectivity index (χ2v) is 9.97. The lowest BCUT2D eigenvalue weighted by atomic mass is 10.1. The van der Waals surface area contributed by atoms with Crippen molar-refractivity contribution in [2.75, 3.05) is 4.90 Å². The zero-order chi connectivity index (χ0) is 28.1. The Kier molecular flexibility index (Phi) is 8.02. The SMILES string of the molecule is Cc1cccc(N(C(=O)Cn2nnc(-c3ccccc3F)n2)[C@H](C(=O)NCc2ccc(F)cc2)c2cccs2)c1. The van der Waals surface area contributed by atoms with Crippen molar-refractivity contribution in [3.05, 3.63) is 118 Å². The highest BCUT2D eigenvalue weighted by molar-refractivity contribution is 7.10. The zero-order valence-corrected chi connectivity index (χ0v) is 22.2. The minimum Gasteiger partial charge on any atom is -0.350 e. The molecule has 0 saturated heterocycles. The molecule has 2 amide bonds. The molecule has 2 aromatic heterocycles. The van der Waals surface area contributed by atoms with Crippen LogP contribution < -0.4 is 10.2 Å². The van der Waals surface area contributed by atoms with E-state index < -0.39 is 23.7 Å². The molecule has 3 aromatic carbocycles. The largest absolute Gasteiger partial charge is 0.350 e. The number of rotatable bonds is 9. The normalized spacial score (nSPS) is 11.7. The molecule has 0 radical (unpaired) electrons. The number of thiophene rings is 1. The molecule has 0 aliphatic carbocycles. The van der Waals surface area contributed by atoms with Gasteiger partial charge in [-0.1, -0.05) is 42.5 Å². The number of aryl methyl sites for hydroxylation is 1. The van der Waals surface area contributed by atoms with Crippen LogP contribution in [-0.2, 0) is 22.7 Å². The van der Waals surface area contributed by atoms with Crippen molar-refractivity contribution in [2.45, 2.75) is 26.1 Å². The highest BCUT2D eigenvalue weighted by atomic mass is 32.1. The summed E-state index contributed by atoms with van der Waals surface area (Å²) < 4.78 is 27.6. The van der Waals surface area contributed by atoms with Gasteiger partial charge in [-0.15, -0.1) is 21.5 Å². The van der Waals surface area contributed by atoms with Crippen molar-refractivity contribution in [1.29, 1.82) is 0 Å². The number of hydrogen-bond acceptors (Lipinski definition) is 6. The van der Waals surface area contributed by atoms with E-state index in [1.165, 1.54) is 40.5 Å². The summed E-state index contributed by atoms with van der Waals surface area (Å²) in [6, 6.07) is 21.7. The van der Waals surface area contributed by atoms with Crippen LogP contribution in [0, 0.1) is 18.6 Å². The molecule has 0 spiro atoms. The van der Waals surface area contributed by atoms with E-state index in [1.54, 1.807) is 48.5 Å². The maximum Gasteiger partial charge on any atom is 0.251 e. The molecule has 0 saturated carbocycles. The van der Waals surface area contributed by atoms with Crippen molar-refractivity contribution >= 4 is 28.8 Å². The average molecular weight is 559 g/mol. The Bertz CT molecular complexity index is 1620. The molecule has 5 aromatic rings. The summed E-state index contributed by atoms with van der Waals surface area (Å²) in [6.07, 6.45) is 0. The minimum absolute atomic E-state index is 0.0415. The number of carbonyl (C=O) groups is 2. The van der Waals surface area contributed by atoms with Crippen molar-refractivity contribution in [3.8, 4) is 11.4 Å². The Hall–Kier alpha value is -4.77. The van der Waals surface area contributed by atoms with Gasteiger partial charge in [0.2, 0.25) is 11.7 Å². The van der Waals surface area contributed by atoms with E-state index in [-0.39, 0.29) is 30.3 Å². The van der Waals surface area contributed by atoms with Crippen LogP contribution in [0.1, 0.15) is 22.0 Å². The number of aromatic nitrogens is 4. The topological polar surface area (TPSA) is 93.0 Å². The van der Waals surface area contributed by atoms with Gasteiger partial charge >= 0.3 is 0 Å². The second-order valence-electron chi connectivity index (χ2n) is 8.99. The van der Waals surface area contributed by atoms with Crippen LogP contribution >= 0.6 is 11.3 Å². The van der Waals surface area contributed by atoms with Gasteiger partial charge in [0, 0.05) is 17.1 Å². The van der Waals surface area contributed by atoms with Crippen LogP contribution in [0.15, 0.2) is 90.3 Å². The Balaban J connectivity index is 1.46. The summed E-state index contributed by atoms with van der Waals surface area (Å²) in [5.74, 6) is -1.73. The number of hydrogen-bond donors (Lipinski definition) is 1. The fraction of sp³-hybridized carbons (Fsp3) is 0.138. The number of tetrazole rings is 1. The van der Waals surface area contributed by atoms with E-state index in [4.69, 9.17) is 0 Å². The molecule has 0 unspecified atom stereocenters. The minimum atomic E-state index is -1.01. The number of nitrogens with one attached hydrogen (secondary N) is 1. The molecule has 0 bridgehead atoms. The number of halogens is 2. The van der Waals surface area contributed by atoms with Gasteiger partial charge < -0.3 is 5.32 Å². The molecule has 1 N–H and O–H groups in total. The summed E-state index contributed by atoms with van der Waals surface area (Å²) in [5.41, 5.74) is 2.27. The lowest BCUT2D eigenvalue weighted by Crippen LogP contribution is -2.45. The van der Waals surface area contributed by atoms with Crippen LogP contribution in [0.2, 0.25) is 0 Å². The predicted octanol–water partition coefficient (Wildman–Crippen LogP) is 5.08. The fourth-order valence-electron chi connectivity index (χ4n) is 4.18. The molecule has 1 atom stereocenters. The van der Waals surface area contributed by atoms with E-state index in [0.29, 0.717) is 16.1 Å². The first-order chi connectivity index (χ1) is 19.4. The third-order valence-electron chi connectivity index (χ3n) is 6.09. The van der Waals surface area contributed by atoms with Gasteiger partial charge in [-0.25, -0.2) is 8.78 Å². The standard InChI is InChI=1S/C29H24F2N6O2S/c1-19-6-4-7-22(16-19)37(26(38)18-36-34-28(33-35-36)23-8-2-3-9-24(23)31)27(25-10-5-15-40-25)29(39)32-17-20-11-13-21(30)14-12-20/h2-16,27H,17-18H2,1H3,(H,32,39)/t27-/m0/s1. The van der Waals surface area contributed by atoms with E-state index in [9.17, 15) is 18.4 Å². The van der Waals surface area contributed by atoms with Crippen LogP contribution in [0.5, 0.6) is 0 Å². The molecule has 2 heterocycles. The van der Waals surface area contributed by atoms with Gasteiger partial charge in [-0.3, -0.25) is 14.5 Å². The predicted molar refractivity (Wildman–Crippen MR) is 147 cm³/mol. The van der Waals surface area contributed by atoms with Gasteiger partial charge in [-0.2, -0.15) is 4.80 Å². The van der Waals surface area contributed by atoms with E-state index in [0.717, 1.165) is 10.4 Å². The Labute approximate surface area is 232 Å². The molecule has 0 aliphatic rings. The van der Waals surface area contributed by atoms with E-state index in [2.05, 4.69) is 20.7 Å². The molecule has 11 heteroatoms. The summed E-state index contributed by atoms with van der Waals surface area (Å²) in [5, 5.41) is 16.8. The van der Waals surface area contributed by atoms with E-state index in [1.807, 2.05) is 24.4 Å². The smallest absolute Gasteiger partial charge is 0.251 e. The van der Waals surface area contributed by atoms with Gasteiger partial charge in [0.25, 0.3) is 5.91 Å². The molecular formula is C29H24F2N6O2S. The third kappa shape index (κ3) is 6.10. The average Bonchev–Trinajstić information content (AvgIpc) is 3.64. The molecule has 8 nitrogen and oxygen atoms in total. The molecule has 40 heavy (non-hydrogen) atoms. The summed E-state index contributed by atoms with van der Waals surface area (Å²) in [4.78, 5) is 30.7. The van der Waals surface area contributed by atoms with Crippen LogP contribution in [0.25, 0.3) is 11.4 Å². The third-order valence-corrected chi connectivity index (χ3v) is 7.02. The highest BCUT2D eigenvalue weighted by Gasteiger charge is 2.34. The van der Waals surface area contributed by atoms with Crippen molar-refractivity contribution < 1.29 is 18.4 Å². The molecule has 0 aliphatic heterocycles. The quantitative estimate of drug-likeness (QED) is 0.272. The number of nitrogens with zero attached hydrogens (tertiary/aromatic N) is 5. The number of amides is 2.